The maximum Gasteiger partial charge on any atom is 0.275 e. The highest BCUT2D eigenvalue weighted by molar-refractivity contribution is 6.03. The first-order valence-corrected chi connectivity index (χ1v) is 7.94. The fourth-order valence-corrected chi connectivity index (χ4v) is 2.32. The molecular weight excluding hydrogens is 316 g/mol. The van der Waals surface area contributed by atoms with Gasteiger partial charge in [-0.2, -0.15) is 10.2 Å². The predicted octanol–water partition coefficient (Wildman–Crippen LogP) is 2.82. The molecular formula is C18H20N6O. The number of carbonyl (C=O) groups is 1. The zero-order valence-electron chi connectivity index (χ0n) is 14.7. The number of nitrogens with one attached hydrogen (secondary N) is 1. The average molecular weight is 336 g/mol. The van der Waals surface area contributed by atoms with Crippen LogP contribution in [0.1, 0.15) is 37.0 Å². The summed E-state index contributed by atoms with van der Waals surface area (Å²) in [4.78, 5) is 16.5. The molecule has 25 heavy (non-hydrogen) atoms. The lowest BCUT2D eigenvalue weighted by atomic mass is 9.92. The summed E-state index contributed by atoms with van der Waals surface area (Å²) in [5, 5.41) is 15.4. The monoisotopic (exact) mass is 336 g/mol. The van der Waals surface area contributed by atoms with Gasteiger partial charge in [-0.15, -0.1) is 5.10 Å². The van der Waals surface area contributed by atoms with Crippen molar-refractivity contribution in [1.29, 1.82) is 0 Å². The van der Waals surface area contributed by atoms with Gasteiger partial charge in [0.1, 0.15) is 5.69 Å². The smallest absolute Gasteiger partial charge is 0.275 e. The summed E-state index contributed by atoms with van der Waals surface area (Å²) < 4.78 is 1.54. The van der Waals surface area contributed by atoms with Gasteiger partial charge in [0, 0.05) is 30.4 Å². The summed E-state index contributed by atoms with van der Waals surface area (Å²) in [6.45, 7) is 6.18. The van der Waals surface area contributed by atoms with Crippen molar-refractivity contribution in [2.75, 3.05) is 5.32 Å². The summed E-state index contributed by atoms with van der Waals surface area (Å²) in [6, 6.07) is 9.06. The summed E-state index contributed by atoms with van der Waals surface area (Å²) in [5.74, 6) is 0.123. The van der Waals surface area contributed by atoms with E-state index in [-0.39, 0.29) is 11.3 Å². The van der Waals surface area contributed by atoms with Gasteiger partial charge in [0.15, 0.2) is 5.82 Å². The van der Waals surface area contributed by atoms with Gasteiger partial charge in [-0.3, -0.25) is 14.5 Å². The van der Waals surface area contributed by atoms with Crippen molar-refractivity contribution in [3.05, 3.63) is 54.1 Å². The second-order valence-electron chi connectivity index (χ2n) is 6.78. The van der Waals surface area contributed by atoms with E-state index in [9.17, 15) is 4.79 Å². The molecule has 3 heterocycles. The minimum atomic E-state index is -0.284. The Hall–Kier alpha value is -3.09. The Morgan fingerprint density at radius 1 is 1.08 bits per heavy atom. The van der Waals surface area contributed by atoms with Crippen molar-refractivity contribution in [2.45, 2.75) is 26.2 Å². The van der Waals surface area contributed by atoms with E-state index in [1.54, 1.807) is 36.3 Å². The SMILES string of the molecule is Cn1nc(-c2ccncc2)cc1C(=O)Nc1ccc(C(C)(C)C)nn1. The molecule has 1 amide bonds. The van der Waals surface area contributed by atoms with Gasteiger partial charge >= 0.3 is 0 Å². The van der Waals surface area contributed by atoms with Crippen molar-refractivity contribution >= 4 is 11.7 Å². The quantitative estimate of drug-likeness (QED) is 0.795. The molecule has 0 bridgehead atoms. The van der Waals surface area contributed by atoms with E-state index >= 15 is 0 Å². The standard InChI is InChI=1S/C18H20N6O/c1-18(2,3)15-5-6-16(22-21-15)20-17(25)14-11-13(23-24(14)4)12-7-9-19-10-8-12/h5-11H,1-4H3,(H,20,22,25). The number of aromatic nitrogens is 5. The molecule has 0 unspecified atom stereocenters. The van der Waals surface area contributed by atoms with Crippen LogP contribution in [-0.2, 0) is 12.5 Å². The third kappa shape index (κ3) is 3.71. The van der Waals surface area contributed by atoms with Crippen molar-refractivity contribution in [1.82, 2.24) is 25.0 Å². The molecule has 0 aliphatic carbocycles. The number of anilines is 1. The molecule has 0 radical (unpaired) electrons. The first-order valence-electron chi connectivity index (χ1n) is 7.94. The van der Waals surface area contributed by atoms with Crippen LogP contribution in [0.2, 0.25) is 0 Å². The lowest BCUT2D eigenvalue weighted by Crippen LogP contribution is -2.19. The topological polar surface area (TPSA) is 85.6 Å². The molecule has 3 aromatic rings. The molecule has 0 aromatic carbocycles. The van der Waals surface area contributed by atoms with Crippen molar-refractivity contribution in [3.63, 3.8) is 0 Å². The number of carbonyl (C=O) groups excluding carboxylic acids is 1. The van der Waals surface area contributed by atoms with Crippen LogP contribution < -0.4 is 5.32 Å². The lowest BCUT2D eigenvalue weighted by Gasteiger charge is -2.16. The molecule has 0 fully saturated rings. The second kappa shape index (κ2) is 6.43. The van der Waals surface area contributed by atoms with Crippen LogP contribution >= 0.6 is 0 Å². The predicted molar refractivity (Wildman–Crippen MR) is 95.1 cm³/mol. The number of aryl methyl sites for hydroxylation is 1. The Kier molecular flexibility index (Phi) is 4.31. The molecule has 0 saturated carbocycles. The number of pyridine rings is 1. The number of rotatable bonds is 3. The molecule has 128 valence electrons. The Labute approximate surface area is 146 Å². The molecule has 7 heteroatoms. The molecule has 0 aliphatic rings. The number of amides is 1. The lowest BCUT2D eigenvalue weighted by molar-refractivity contribution is 0.101. The minimum absolute atomic E-state index is 0.0863. The van der Waals surface area contributed by atoms with Gasteiger partial charge in [-0.25, -0.2) is 0 Å². The van der Waals surface area contributed by atoms with E-state index in [0.717, 1.165) is 11.3 Å². The molecule has 7 nitrogen and oxygen atoms in total. The van der Waals surface area contributed by atoms with Crippen LogP contribution in [0.15, 0.2) is 42.7 Å². The third-order valence-electron chi connectivity index (χ3n) is 3.76. The van der Waals surface area contributed by atoms with Gasteiger partial charge in [0.2, 0.25) is 0 Å². The highest BCUT2D eigenvalue weighted by atomic mass is 16.2. The van der Waals surface area contributed by atoms with E-state index in [2.05, 4.69) is 46.4 Å². The molecule has 0 saturated heterocycles. The summed E-state index contributed by atoms with van der Waals surface area (Å²) >= 11 is 0. The van der Waals surface area contributed by atoms with Gasteiger partial charge in [0.25, 0.3) is 5.91 Å². The Balaban J connectivity index is 1.79. The van der Waals surface area contributed by atoms with Crippen LogP contribution in [-0.4, -0.2) is 30.9 Å². The van der Waals surface area contributed by atoms with E-state index in [0.29, 0.717) is 17.2 Å². The van der Waals surface area contributed by atoms with Crippen molar-refractivity contribution in [3.8, 4) is 11.3 Å². The maximum absolute atomic E-state index is 12.5. The summed E-state index contributed by atoms with van der Waals surface area (Å²) in [6.07, 6.45) is 3.38. The molecule has 0 spiro atoms. The van der Waals surface area contributed by atoms with Crippen LogP contribution in [0.25, 0.3) is 11.3 Å². The minimum Gasteiger partial charge on any atom is -0.304 e. The molecule has 3 rings (SSSR count). The van der Waals surface area contributed by atoms with E-state index in [4.69, 9.17) is 0 Å². The summed E-state index contributed by atoms with van der Waals surface area (Å²) in [7, 11) is 1.73. The Bertz CT molecular complexity index is 878. The number of nitrogens with zero attached hydrogens (tertiary/aromatic N) is 5. The fraction of sp³-hybridized carbons (Fsp3) is 0.278. The second-order valence-corrected chi connectivity index (χ2v) is 6.78. The first-order chi connectivity index (χ1) is 11.8. The average Bonchev–Trinajstić information content (AvgIpc) is 2.97. The maximum atomic E-state index is 12.5. The van der Waals surface area contributed by atoms with Crippen LogP contribution in [0.5, 0.6) is 0 Å². The highest BCUT2D eigenvalue weighted by Crippen LogP contribution is 2.21. The molecule has 0 aliphatic heterocycles. The first kappa shape index (κ1) is 16.8. The van der Waals surface area contributed by atoms with Gasteiger partial charge in [-0.05, 0) is 30.3 Å². The fourth-order valence-electron chi connectivity index (χ4n) is 2.32. The largest absolute Gasteiger partial charge is 0.304 e. The van der Waals surface area contributed by atoms with Crippen LogP contribution in [0.3, 0.4) is 0 Å². The Morgan fingerprint density at radius 3 is 2.40 bits per heavy atom. The normalized spacial score (nSPS) is 11.4. The Morgan fingerprint density at radius 2 is 1.80 bits per heavy atom. The van der Waals surface area contributed by atoms with E-state index < -0.39 is 0 Å². The van der Waals surface area contributed by atoms with Gasteiger partial charge < -0.3 is 5.32 Å². The van der Waals surface area contributed by atoms with E-state index in [1.165, 1.54) is 0 Å². The third-order valence-corrected chi connectivity index (χ3v) is 3.76. The zero-order chi connectivity index (χ0) is 18.0. The van der Waals surface area contributed by atoms with Crippen LogP contribution in [0, 0.1) is 0 Å². The van der Waals surface area contributed by atoms with Crippen molar-refractivity contribution < 1.29 is 4.79 Å². The van der Waals surface area contributed by atoms with E-state index in [1.807, 2.05) is 18.2 Å². The zero-order valence-corrected chi connectivity index (χ0v) is 14.7. The molecule has 3 aromatic heterocycles. The molecule has 0 atom stereocenters. The number of hydrogen-bond acceptors (Lipinski definition) is 5. The summed E-state index contributed by atoms with van der Waals surface area (Å²) in [5.41, 5.74) is 2.83. The number of hydrogen-bond donors (Lipinski definition) is 1. The molecule has 1 N–H and O–H groups in total. The van der Waals surface area contributed by atoms with Crippen molar-refractivity contribution in [2.24, 2.45) is 7.05 Å². The highest BCUT2D eigenvalue weighted by Gasteiger charge is 2.18. The van der Waals surface area contributed by atoms with Gasteiger partial charge in [0.05, 0.1) is 11.4 Å². The van der Waals surface area contributed by atoms with Gasteiger partial charge in [-0.1, -0.05) is 20.8 Å². The van der Waals surface area contributed by atoms with Crippen LogP contribution in [0.4, 0.5) is 5.82 Å².